The van der Waals surface area contributed by atoms with Gasteiger partial charge in [0.25, 0.3) is 0 Å². The topological polar surface area (TPSA) is 50.7 Å². The van der Waals surface area contributed by atoms with Gasteiger partial charge < -0.3 is 5.32 Å². The molecule has 2 rings (SSSR count). The Morgan fingerprint density at radius 1 is 1.28 bits per heavy atom. The lowest BCUT2D eigenvalue weighted by Crippen LogP contribution is -2.13. The first-order valence-corrected chi connectivity index (χ1v) is 7.13. The standard InChI is InChI=1S/C12H12Br2N4/c1-2-15-7-9-3-4-16-12(18-9)11-10(14)5-8(13)6-17-11/h3-6,15H,2,7H2,1H3. The third-order valence-electron chi connectivity index (χ3n) is 2.29. The van der Waals surface area contributed by atoms with Crippen molar-refractivity contribution >= 4 is 31.9 Å². The Morgan fingerprint density at radius 2 is 2.11 bits per heavy atom. The lowest BCUT2D eigenvalue weighted by Gasteiger charge is -2.05. The van der Waals surface area contributed by atoms with Crippen LogP contribution in [0.4, 0.5) is 0 Å². The van der Waals surface area contributed by atoms with E-state index in [9.17, 15) is 0 Å². The van der Waals surface area contributed by atoms with Crippen LogP contribution in [-0.4, -0.2) is 21.5 Å². The molecule has 6 heteroatoms. The third-order valence-corrected chi connectivity index (χ3v) is 3.33. The Labute approximate surface area is 123 Å². The average molecular weight is 372 g/mol. The number of nitrogens with zero attached hydrogens (tertiary/aromatic N) is 3. The molecule has 0 spiro atoms. The monoisotopic (exact) mass is 370 g/mol. The predicted octanol–water partition coefficient (Wildman–Crippen LogP) is 3.17. The minimum Gasteiger partial charge on any atom is -0.311 e. The second-order valence-electron chi connectivity index (χ2n) is 3.64. The lowest BCUT2D eigenvalue weighted by molar-refractivity contribution is 0.709. The maximum atomic E-state index is 4.49. The summed E-state index contributed by atoms with van der Waals surface area (Å²) in [6, 6.07) is 3.83. The fraction of sp³-hybridized carbons (Fsp3) is 0.250. The van der Waals surface area contributed by atoms with E-state index in [1.165, 1.54) is 0 Å². The van der Waals surface area contributed by atoms with E-state index in [-0.39, 0.29) is 0 Å². The Morgan fingerprint density at radius 3 is 2.83 bits per heavy atom. The van der Waals surface area contributed by atoms with E-state index in [4.69, 9.17) is 0 Å². The minimum absolute atomic E-state index is 0.629. The molecule has 0 saturated carbocycles. The zero-order valence-corrected chi connectivity index (χ0v) is 13.0. The molecule has 18 heavy (non-hydrogen) atoms. The van der Waals surface area contributed by atoms with Crippen molar-refractivity contribution < 1.29 is 0 Å². The van der Waals surface area contributed by atoms with Crippen LogP contribution in [0.15, 0.2) is 33.5 Å². The summed E-state index contributed by atoms with van der Waals surface area (Å²) in [5.41, 5.74) is 1.70. The maximum absolute atomic E-state index is 4.49. The third kappa shape index (κ3) is 3.34. The Bertz CT molecular complexity index is 545. The summed E-state index contributed by atoms with van der Waals surface area (Å²) >= 11 is 6.85. The number of rotatable bonds is 4. The van der Waals surface area contributed by atoms with Gasteiger partial charge in [-0.05, 0) is 50.5 Å². The summed E-state index contributed by atoms with van der Waals surface area (Å²) in [6.45, 7) is 3.72. The summed E-state index contributed by atoms with van der Waals surface area (Å²) in [4.78, 5) is 13.1. The van der Waals surface area contributed by atoms with Crippen LogP contribution in [-0.2, 0) is 6.54 Å². The van der Waals surface area contributed by atoms with Crippen molar-refractivity contribution in [2.75, 3.05) is 6.54 Å². The number of nitrogens with one attached hydrogen (secondary N) is 1. The van der Waals surface area contributed by atoms with E-state index in [1.807, 2.05) is 12.1 Å². The van der Waals surface area contributed by atoms with Crippen LogP contribution in [0, 0.1) is 0 Å². The molecular formula is C12H12Br2N4. The van der Waals surface area contributed by atoms with Crippen molar-refractivity contribution in [3.05, 3.63) is 39.2 Å². The molecule has 0 saturated heterocycles. The van der Waals surface area contributed by atoms with E-state index in [1.54, 1.807) is 12.4 Å². The highest BCUT2D eigenvalue weighted by molar-refractivity contribution is 9.11. The first-order chi connectivity index (χ1) is 8.70. The van der Waals surface area contributed by atoms with Crippen LogP contribution in [0.2, 0.25) is 0 Å². The van der Waals surface area contributed by atoms with Crippen LogP contribution in [0.5, 0.6) is 0 Å². The molecule has 0 radical (unpaired) electrons. The molecule has 2 aromatic heterocycles. The van der Waals surface area contributed by atoms with Gasteiger partial charge in [0.15, 0.2) is 5.82 Å². The van der Waals surface area contributed by atoms with Crippen LogP contribution in [0.25, 0.3) is 11.5 Å². The highest BCUT2D eigenvalue weighted by Gasteiger charge is 2.09. The zero-order chi connectivity index (χ0) is 13.0. The van der Waals surface area contributed by atoms with E-state index in [2.05, 4.69) is 59.1 Å². The number of hydrogen-bond acceptors (Lipinski definition) is 4. The zero-order valence-electron chi connectivity index (χ0n) is 9.82. The lowest BCUT2D eigenvalue weighted by atomic mass is 10.3. The quantitative estimate of drug-likeness (QED) is 0.896. The number of pyridine rings is 1. The second kappa shape index (κ2) is 6.36. The van der Waals surface area contributed by atoms with Crippen molar-refractivity contribution in [2.45, 2.75) is 13.5 Å². The maximum Gasteiger partial charge on any atom is 0.179 e. The molecule has 0 bridgehead atoms. The van der Waals surface area contributed by atoms with Crippen LogP contribution in [0.1, 0.15) is 12.6 Å². The van der Waals surface area contributed by atoms with Crippen molar-refractivity contribution in [3.8, 4) is 11.5 Å². The first-order valence-electron chi connectivity index (χ1n) is 5.54. The molecule has 0 amide bonds. The highest BCUT2D eigenvalue weighted by atomic mass is 79.9. The molecule has 0 aromatic carbocycles. The summed E-state index contributed by atoms with van der Waals surface area (Å²) in [5, 5.41) is 3.24. The molecule has 0 aliphatic heterocycles. The van der Waals surface area contributed by atoms with Gasteiger partial charge >= 0.3 is 0 Å². The Hall–Kier alpha value is -0.850. The largest absolute Gasteiger partial charge is 0.311 e. The van der Waals surface area contributed by atoms with E-state index in [0.717, 1.165) is 33.4 Å². The number of hydrogen-bond donors (Lipinski definition) is 1. The predicted molar refractivity (Wildman–Crippen MR) is 78.0 cm³/mol. The average Bonchev–Trinajstić information content (AvgIpc) is 2.36. The molecule has 94 valence electrons. The second-order valence-corrected chi connectivity index (χ2v) is 5.41. The molecule has 0 fully saturated rings. The van der Waals surface area contributed by atoms with Gasteiger partial charge in [-0.1, -0.05) is 6.92 Å². The summed E-state index contributed by atoms with van der Waals surface area (Å²) in [7, 11) is 0. The molecular weight excluding hydrogens is 360 g/mol. The van der Waals surface area contributed by atoms with Crippen molar-refractivity contribution in [3.63, 3.8) is 0 Å². The van der Waals surface area contributed by atoms with E-state index < -0.39 is 0 Å². The Kier molecular flexibility index (Phi) is 4.79. The molecule has 0 aliphatic carbocycles. The summed E-state index contributed by atoms with van der Waals surface area (Å²) in [6.07, 6.45) is 3.49. The number of aromatic nitrogens is 3. The molecule has 2 heterocycles. The molecule has 0 atom stereocenters. The Balaban J connectivity index is 2.32. The molecule has 0 aliphatic rings. The number of halogens is 2. The molecule has 4 nitrogen and oxygen atoms in total. The van der Waals surface area contributed by atoms with Crippen molar-refractivity contribution in [2.24, 2.45) is 0 Å². The van der Waals surface area contributed by atoms with Crippen LogP contribution in [0.3, 0.4) is 0 Å². The molecule has 0 unspecified atom stereocenters. The van der Waals surface area contributed by atoms with Gasteiger partial charge in [0, 0.05) is 27.9 Å². The summed E-state index contributed by atoms with van der Waals surface area (Å²) < 4.78 is 1.79. The molecule has 2 aromatic rings. The van der Waals surface area contributed by atoms with Gasteiger partial charge in [0.2, 0.25) is 0 Å². The first kappa shape index (κ1) is 13.6. The molecule has 1 N–H and O–H groups in total. The van der Waals surface area contributed by atoms with E-state index >= 15 is 0 Å². The smallest absolute Gasteiger partial charge is 0.179 e. The normalized spacial score (nSPS) is 10.6. The van der Waals surface area contributed by atoms with Crippen molar-refractivity contribution in [1.82, 2.24) is 20.3 Å². The fourth-order valence-electron chi connectivity index (χ4n) is 1.44. The van der Waals surface area contributed by atoms with Gasteiger partial charge in [-0.25, -0.2) is 9.97 Å². The van der Waals surface area contributed by atoms with Crippen molar-refractivity contribution in [1.29, 1.82) is 0 Å². The summed E-state index contributed by atoms with van der Waals surface area (Å²) in [5.74, 6) is 0.629. The van der Waals surface area contributed by atoms with Gasteiger partial charge in [0.05, 0.1) is 5.69 Å². The van der Waals surface area contributed by atoms with Gasteiger partial charge in [-0.15, -0.1) is 0 Å². The highest BCUT2D eigenvalue weighted by Crippen LogP contribution is 2.25. The SMILES string of the molecule is CCNCc1ccnc(-c2ncc(Br)cc2Br)n1. The van der Waals surface area contributed by atoms with Crippen LogP contribution >= 0.6 is 31.9 Å². The van der Waals surface area contributed by atoms with Gasteiger partial charge in [0.1, 0.15) is 5.69 Å². The van der Waals surface area contributed by atoms with Crippen LogP contribution < -0.4 is 5.32 Å². The minimum atomic E-state index is 0.629. The fourth-order valence-corrected chi connectivity index (χ4v) is 2.61. The van der Waals surface area contributed by atoms with Gasteiger partial charge in [-0.3, -0.25) is 4.98 Å². The van der Waals surface area contributed by atoms with E-state index in [0.29, 0.717) is 5.82 Å². The van der Waals surface area contributed by atoms with Gasteiger partial charge in [-0.2, -0.15) is 0 Å².